The predicted molar refractivity (Wildman–Crippen MR) is 73.4 cm³/mol. The summed E-state index contributed by atoms with van der Waals surface area (Å²) in [5.41, 5.74) is 0.826. The van der Waals surface area contributed by atoms with Crippen molar-refractivity contribution in [2.75, 3.05) is 13.7 Å². The first-order valence-corrected chi connectivity index (χ1v) is 6.66. The van der Waals surface area contributed by atoms with Crippen LogP contribution in [0.5, 0.6) is 5.75 Å². The van der Waals surface area contributed by atoms with E-state index in [1.54, 1.807) is 13.2 Å². The number of rotatable bonds is 3. The van der Waals surface area contributed by atoms with Crippen molar-refractivity contribution in [3.63, 3.8) is 0 Å². The highest BCUT2D eigenvalue weighted by Crippen LogP contribution is 2.34. The number of benzene rings is 1. The molecule has 1 unspecified atom stereocenters. The zero-order chi connectivity index (χ0) is 13.2. The fourth-order valence-corrected chi connectivity index (χ4v) is 2.63. The molecule has 3 rings (SSSR count). The Kier molecular flexibility index (Phi) is 3.40. The lowest BCUT2D eigenvalue weighted by molar-refractivity contribution is 0.416. The summed E-state index contributed by atoms with van der Waals surface area (Å²) in [4.78, 5) is 3.25. The second-order valence-electron chi connectivity index (χ2n) is 4.53. The maximum atomic E-state index is 6.11. The number of aromatic amines is 1. The number of para-hydroxylation sites is 1. The molecule has 1 atom stereocenters. The number of halogens is 1. The molecular weight excluding hydrogens is 264 g/mol. The van der Waals surface area contributed by atoms with Gasteiger partial charge in [-0.3, -0.25) is 0 Å². The molecule has 1 aliphatic rings. The van der Waals surface area contributed by atoms with E-state index in [1.165, 1.54) is 6.42 Å². The van der Waals surface area contributed by atoms with Gasteiger partial charge in [-0.05, 0) is 31.5 Å². The Morgan fingerprint density at radius 3 is 3.00 bits per heavy atom. The average Bonchev–Trinajstić information content (AvgIpc) is 3.09. The van der Waals surface area contributed by atoms with Crippen LogP contribution >= 0.6 is 11.6 Å². The van der Waals surface area contributed by atoms with Gasteiger partial charge in [0, 0.05) is 0 Å². The largest absolute Gasteiger partial charge is 0.494 e. The van der Waals surface area contributed by atoms with Crippen LogP contribution < -0.4 is 10.1 Å². The summed E-state index contributed by atoms with van der Waals surface area (Å²) >= 11 is 6.11. The van der Waals surface area contributed by atoms with Crippen molar-refractivity contribution in [2.45, 2.75) is 18.9 Å². The molecule has 0 aliphatic carbocycles. The summed E-state index contributed by atoms with van der Waals surface area (Å²) in [6, 6.07) is 5.85. The second-order valence-corrected chi connectivity index (χ2v) is 4.94. The molecular formula is C13H15ClN4O. The molecule has 0 saturated carbocycles. The Bertz CT molecular complexity index is 578. The number of H-pyrrole nitrogens is 1. The molecule has 2 N–H and O–H groups in total. The summed E-state index contributed by atoms with van der Waals surface area (Å²) in [6.45, 7) is 1.03. The van der Waals surface area contributed by atoms with Crippen molar-refractivity contribution in [3.05, 3.63) is 29.0 Å². The number of nitrogens with zero attached hydrogens (tertiary/aromatic N) is 2. The van der Waals surface area contributed by atoms with Crippen LogP contribution in [0.1, 0.15) is 24.7 Å². The van der Waals surface area contributed by atoms with Gasteiger partial charge in [0.15, 0.2) is 5.82 Å². The molecule has 1 fully saturated rings. The van der Waals surface area contributed by atoms with Gasteiger partial charge < -0.3 is 15.0 Å². The van der Waals surface area contributed by atoms with Gasteiger partial charge in [-0.15, -0.1) is 10.2 Å². The number of aromatic nitrogens is 3. The van der Waals surface area contributed by atoms with Crippen LogP contribution in [-0.2, 0) is 0 Å². The molecule has 0 radical (unpaired) electrons. The Morgan fingerprint density at radius 1 is 1.37 bits per heavy atom. The fraction of sp³-hybridized carbons (Fsp3) is 0.385. The number of methoxy groups -OCH3 is 1. The highest BCUT2D eigenvalue weighted by atomic mass is 35.5. The first-order chi connectivity index (χ1) is 9.29. The van der Waals surface area contributed by atoms with E-state index < -0.39 is 0 Å². The smallest absolute Gasteiger partial charge is 0.165 e. The van der Waals surface area contributed by atoms with Gasteiger partial charge in [0.2, 0.25) is 0 Å². The minimum absolute atomic E-state index is 0.270. The number of hydrogen-bond acceptors (Lipinski definition) is 4. The minimum Gasteiger partial charge on any atom is -0.494 e. The highest BCUT2D eigenvalue weighted by molar-refractivity contribution is 6.32. The van der Waals surface area contributed by atoms with E-state index in [0.29, 0.717) is 16.6 Å². The third-order valence-electron chi connectivity index (χ3n) is 3.32. The van der Waals surface area contributed by atoms with Gasteiger partial charge in [0.1, 0.15) is 11.6 Å². The van der Waals surface area contributed by atoms with Crippen molar-refractivity contribution < 1.29 is 4.74 Å². The van der Waals surface area contributed by atoms with E-state index in [4.69, 9.17) is 16.3 Å². The summed E-state index contributed by atoms with van der Waals surface area (Å²) < 4.78 is 5.33. The van der Waals surface area contributed by atoms with Crippen molar-refractivity contribution >= 4 is 11.6 Å². The molecule has 100 valence electrons. The molecule has 2 heterocycles. The first kappa shape index (κ1) is 12.4. The zero-order valence-corrected chi connectivity index (χ0v) is 11.4. The Hall–Kier alpha value is -1.59. The maximum Gasteiger partial charge on any atom is 0.165 e. The van der Waals surface area contributed by atoms with E-state index in [9.17, 15) is 0 Å². The van der Waals surface area contributed by atoms with Gasteiger partial charge in [-0.1, -0.05) is 17.7 Å². The van der Waals surface area contributed by atoms with E-state index >= 15 is 0 Å². The van der Waals surface area contributed by atoms with Gasteiger partial charge >= 0.3 is 0 Å². The van der Waals surface area contributed by atoms with E-state index in [2.05, 4.69) is 20.5 Å². The number of hydrogen-bond donors (Lipinski definition) is 2. The predicted octanol–water partition coefficient (Wildman–Crippen LogP) is 2.56. The summed E-state index contributed by atoms with van der Waals surface area (Å²) in [6.07, 6.45) is 2.25. The van der Waals surface area contributed by atoms with Crippen molar-refractivity contribution in [1.29, 1.82) is 0 Å². The maximum absolute atomic E-state index is 6.11. The fourth-order valence-electron chi connectivity index (χ4n) is 2.37. The van der Waals surface area contributed by atoms with Crippen LogP contribution in [0.25, 0.3) is 11.4 Å². The summed E-state index contributed by atoms with van der Waals surface area (Å²) in [7, 11) is 1.60. The standard InChI is InChI=1S/C13H15ClN4O/c1-19-11-8(4-2-5-9(11)14)12-16-13(18-17-12)10-6-3-7-15-10/h2,4-5,10,15H,3,6-7H2,1H3,(H,16,17,18). The molecule has 19 heavy (non-hydrogen) atoms. The average molecular weight is 279 g/mol. The van der Waals surface area contributed by atoms with Crippen LogP contribution in [-0.4, -0.2) is 28.8 Å². The van der Waals surface area contributed by atoms with Crippen LogP contribution in [0, 0.1) is 0 Å². The Balaban J connectivity index is 1.96. The lowest BCUT2D eigenvalue weighted by Gasteiger charge is -2.07. The normalized spacial score (nSPS) is 18.7. The van der Waals surface area contributed by atoms with E-state index in [1.807, 2.05) is 12.1 Å². The van der Waals surface area contributed by atoms with E-state index in [-0.39, 0.29) is 6.04 Å². The van der Waals surface area contributed by atoms with Gasteiger partial charge in [-0.2, -0.15) is 0 Å². The molecule has 5 nitrogen and oxygen atoms in total. The molecule has 0 amide bonds. The van der Waals surface area contributed by atoms with Crippen LogP contribution in [0.3, 0.4) is 0 Å². The monoisotopic (exact) mass is 278 g/mol. The molecule has 1 saturated heterocycles. The lowest BCUT2D eigenvalue weighted by Crippen LogP contribution is -2.14. The molecule has 0 bridgehead atoms. The molecule has 0 spiro atoms. The van der Waals surface area contributed by atoms with Gasteiger partial charge in [-0.25, -0.2) is 0 Å². The first-order valence-electron chi connectivity index (χ1n) is 6.28. The molecule has 1 aliphatic heterocycles. The minimum atomic E-state index is 0.270. The molecule has 6 heteroatoms. The van der Waals surface area contributed by atoms with E-state index in [0.717, 1.165) is 24.4 Å². The van der Waals surface area contributed by atoms with Crippen LogP contribution in [0.4, 0.5) is 0 Å². The third kappa shape index (κ3) is 2.31. The topological polar surface area (TPSA) is 62.8 Å². The quantitative estimate of drug-likeness (QED) is 0.906. The van der Waals surface area contributed by atoms with Crippen molar-refractivity contribution in [3.8, 4) is 17.1 Å². The van der Waals surface area contributed by atoms with Crippen molar-refractivity contribution in [2.24, 2.45) is 0 Å². The summed E-state index contributed by atoms with van der Waals surface area (Å²) in [5, 5.41) is 12.4. The lowest BCUT2D eigenvalue weighted by atomic mass is 10.2. The number of nitrogens with one attached hydrogen (secondary N) is 2. The zero-order valence-electron chi connectivity index (χ0n) is 10.6. The van der Waals surface area contributed by atoms with Gasteiger partial charge in [0.25, 0.3) is 0 Å². The third-order valence-corrected chi connectivity index (χ3v) is 3.62. The summed E-state index contributed by atoms with van der Waals surface area (Å²) in [5.74, 6) is 2.17. The van der Waals surface area contributed by atoms with Crippen LogP contribution in [0.2, 0.25) is 5.02 Å². The Labute approximate surface area is 116 Å². The second kappa shape index (κ2) is 5.19. The molecule has 1 aromatic carbocycles. The van der Waals surface area contributed by atoms with Crippen LogP contribution in [0.15, 0.2) is 18.2 Å². The van der Waals surface area contributed by atoms with Gasteiger partial charge in [0.05, 0.1) is 23.7 Å². The number of ether oxygens (including phenoxy) is 1. The Morgan fingerprint density at radius 2 is 2.26 bits per heavy atom. The molecule has 2 aromatic rings. The van der Waals surface area contributed by atoms with Crippen molar-refractivity contribution in [1.82, 2.24) is 20.5 Å². The SMILES string of the molecule is COc1c(Cl)cccc1-c1nnc(C2CCCN2)[nH]1. The highest BCUT2D eigenvalue weighted by Gasteiger charge is 2.21. The molecule has 1 aromatic heterocycles.